The highest BCUT2D eigenvalue weighted by molar-refractivity contribution is 5.69. The van der Waals surface area contributed by atoms with Gasteiger partial charge in [0.15, 0.2) is 0 Å². The van der Waals surface area contributed by atoms with Gasteiger partial charge < -0.3 is 14.4 Å². The van der Waals surface area contributed by atoms with Crippen molar-refractivity contribution in [3.8, 4) is 0 Å². The average molecular weight is 323 g/mol. The standard InChI is InChI=1S/C16H25N3O4/c1-12-14(13(2)23-17-12)8-18-5-3-4-16(10-18)11-19(6-7-22-16)9-15(20)21/h3-11H2,1-2H3,(H,20,21)/t16-/m0/s1. The van der Waals surface area contributed by atoms with Gasteiger partial charge in [-0.05, 0) is 33.2 Å². The molecule has 0 radical (unpaired) electrons. The molecule has 0 aromatic carbocycles. The predicted molar refractivity (Wildman–Crippen MR) is 83.2 cm³/mol. The Bertz CT molecular complexity index is 550. The SMILES string of the molecule is Cc1noc(C)c1CN1CCC[C@@]2(CN(CC(=O)O)CCO2)C1. The molecule has 128 valence electrons. The van der Waals surface area contributed by atoms with Crippen LogP contribution in [-0.2, 0) is 16.1 Å². The van der Waals surface area contributed by atoms with Crippen molar-refractivity contribution in [1.29, 1.82) is 0 Å². The summed E-state index contributed by atoms with van der Waals surface area (Å²) in [5.41, 5.74) is 1.85. The van der Waals surface area contributed by atoms with E-state index in [4.69, 9.17) is 14.4 Å². The number of likely N-dealkylation sites (tertiary alicyclic amines) is 1. The molecule has 1 aromatic heterocycles. The summed E-state index contributed by atoms with van der Waals surface area (Å²) >= 11 is 0. The lowest BCUT2D eigenvalue weighted by Crippen LogP contribution is -2.60. The molecule has 1 spiro atoms. The summed E-state index contributed by atoms with van der Waals surface area (Å²) < 4.78 is 11.4. The lowest BCUT2D eigenvalue weighted by atomic mass is 9.90. The van der Waals surface area contributed by atoms with Crippen LogP contribution in [0.1, 0.15) is 29.9 Å². The zero-order chi connectivity index (χ0) is 16.4. The minimum Gasteiger partial charge on any atom is -0.480 e. The van der Waals surface area contributed by atoms with Crippen LogP contribution < -0.4 is 0 Å². The summed E-state index contributed by atoms with van der Waals surface area (Å²) in [6.07, 6.45) is 2.05. The van der Waals surface area contributed by atoms with Gasteiger partial charge in [-0.25, -0.2) is 0 Å². The molecule has 2 aliphatic rings. The Morgan fingerprint density at radius 2 is 2.09 bits per heavy atom. The first-order chi connectivity index (χ1) is 11.0. The van der Waals surface area contributed by atoms with Gasteiger partial charge in [0, 0.05) is 31.7 Å². The highest BCUT2D eigenvalue weighted by atomic mass is 16.5. The van der Waals surface area contributed by atoms with Gasteiger partial charge in [0.25, 0.3) is 0 Å². The second-order valence-electron chi connectivity index (χ2n) is 6.75. The summed E-state index contributed by atoms with van der Waals surface area (Å²) in [6.45, 7) is 8.65. The Hall–Kier alpha value is -1.44. The summed E-state index contributed by atoms with van der Waals surface area (Å²) in [4.78, 5) is 15.3. The molecule has 3 rings (SSSR count). The zero-order valence-electron chi connectivity index (χ0n) is 13.9. The molecule has 2 fully saturated rings. The number of rotatable bonds is 4. The molecule has 3 heterocycles. The first kappa shape index (κ1) is 16.4. The number of morpholine rings is 1. The highest BCUT2D eigenvalue weighted by Crippen LogP contribution is 2.30. The van der Waals surface area contributed by atoms with Crippen molar-refractivity contribution in [2.45, 2.75) is 38.8 Å². The van der Waals surface area contributed by atoms with E-state index in [1.54, 1.807) is 0 Å². The normalized spacial score (nSPS) is 26.7. The molecule has 0 saturated carbocycles. The van der Waals surface area contributed by atoms with Crippen LogP contribution in [-0.4, -0.2) is 71.0 Å². The number of ether oxygens (including phenoxy) is 1. The van der Waals surface area contributed by atoms with Gasteiger partial charge in [0.1, 0.15) is 5.76 Å². The van der Waals surface area contributed by atoms with E-state index in [0.717, 1.165) is 49.5 Å². The number of nitrogens with zero attached hydrogens (tertiary/aromatic N) is 3. The minimum absolute atomic E-state index is 0.0922. The number of aliphatic carboxylic acids is 1. The van der Waals surface area contributed by atoms with E-state index in [-0.39, 0.29) is 12.1 Å². The molecule has 0 amide bonds. The minimum atomic E-state index is -0.773. The fourth-order valence-electron chi connectivity index (χ4n) is 3.77. The van der Waals surface area contributed by atoms with Crippen molar-refractivity contribution in [1.82, 2.24) is 15.0 Å². The van der Waals surface area contributed by atoms with Crippen LogP contribution in [0.25, 0.3) is 0 Å². The summed E-state index contributed by atoms with van der Waals surface area (Å²) in [5, 5.41) is 13.1. The number of piperidine rings is 1. The third kappa shape index (κ3) is 3.73. The molecule has 1 atom stereocenters. The maximum absolute atomic E-state index is 11.0. The van der Waals surface area contributed by atoms with Crippen molar-refractivity contribution in [3.05, 3.63) is 17.0 Å². The Morgan fingerprint density at radius 1 is 1.30 bits per heavy atom. The molecule has 23 heavy (non-hydrogen) atoms. The molecule has 0 bridgehead atoms. The van der Waals surface area contributed by atoms with Crippen LogP contribution in [0.5, 0.6) is 0 Å². The quantitative estimate of drug-likeness (QED) is 0.887. The molecular formula is C16H25N3O4. The topological polar surface area (TPSA) is 79.0 Å². The summed E-state index contributed by atoms with van der Waals surface area (Å²) in [5.74, 6) is 0.102. The third-order valence-corrected chi connectivity index (χ3v) is 4.87. The fourth-order valence-corrected chi connectivity index (χ4v) is 3.77. The predicted octanol–water partition coefficient (Wildman–Crippen LogP) is 1.04. The second-order valence-corrected chi connectivity index (χ2v) is 6.75. The maximum Gasteiger partial charge on any atom is 0.317 e. The monoisotopic (exact) mass is 323 g/mol. The lowest BCUT2D eigenvalue weighted by Gasteiger charge is -2.47. The van der Waals surface area contributed by atoms with Gasteiger partial charge in [-0.1, -0.05) is 5.16 Å². The Kier molecular flexibility index (Phi) is 4.70. The molecule has 2 aliphatic heterocycles. The van der Waals surface area contributed by atoms with Crippen LogP contribution >= 0.6 is 0 Å². The smallest absolute Gasteiger partial charge is 0.317 e. The Balaban J connectivity index is 1.66. The molecule has 7 heteroatoms. The van der Waals surface area contributed by atoms with Crippen LogP contribution in [0, 0.1) is 13.8 Å². The number of aryl methyl sites for hydroxylation is 2. The molecule has 1 N–H and O–H groups in total. The largest absolute Gasteiger partial charge is 0.480 e. The number of hydrogen-bond donors (Lipinski definition) is 1. The first-order valence-corrected chi connectivity index (χ1v) is 8.20. The van der Waals surface area contributed by atoms with Crippen molar-refractivity contribution in [2.75, 3.05) is 39.3 Å². The second kappa shape index (κ2) is 6.59. The van der Waals surface area contributed by atoms with Crippen LogP contribution in [0.2, 0.25) is 0 Å². The number of hydrogen-bond acceptors (Lipinski definition) is 6. The molecule has 1 aromatic rings. The van der Waals surface area contributed by atoms with Gasteiger partial charge in [-0.2, -0.15) is 0 Å². The Morgan fingerprint density at radius 3 is 2.78 bits per heavy atom. The van der Waals surface area contributed by atoms with Crippen molar-refractivity contribution < 1.29 is 19.2 Å². The van der Waals surface area contributed by atoms with E-state index in [9.17, 15) is 4.79 Å². The van der Waals surface area contributed by atoms with E-state index in [1.165, 1.54) is 0 Å². The number of carboxylic acids is 1. The van der Waals surface area contributed by atoms with E-state index in [1.807, 2.05) is 18.7 Å². The van der Waals surface area contributed by atoms with Gasteiger partial charge >= 0.3 is 5.97 Å². The van der Waals surface area contributed by atoms with Crippen molar-refractivity contribution in [3.63, 3.8) is 0 Å². The Labute approximate surface area is 136 Å². The van der Waals surface area contributed by atoms with Crippen LogP contribution in [0.3, 0.4) is 0 Å². The molecule has 7 nitrogen and oxygen atoms in total. The van der Waals surface area contributed by atoms with Gasteiger partial charge in [0.05, 0.1) is 24.4 Å². The fraction of sp³-hybridized carbons (Fsp3) is 0.750. The first-order valence-electron chi connectivity index (χ1n) is 8.20. The molecule has 0 unspecified atom stereocenters. The van der Waals surface area contributed by atoms with Crippen LogP contribution in [0.15, 0.2) is 4.52 Å². The highest BCUT2D eigenvalue weighted by Gasteiger charge is 2.41. The average Bonchev–Trinajstić information content (AvgIpc) is 2.79. The van der Waals surface area contributed by atoms with Crippen molar-refractivity contribution in [2.24, 2.45) is 0 Å². The van der Waals surface area contributed by atoms with E-state index in [2.05, 4.69) is 10.1 Å². The molecular weight excluding hydrogens is 298 g/mol. The zero-order valence-corrected chi connectivity index (χ0v) is 13.9. The number of carbonyl (C=O) groups is 1. The van der Waals surface area contributed by atoms with Gasteiger partial charge in [-0.15, -0.1) is 0 Å². The van der Waals surface area contributed by atoms with Crippen LogP contribution in [0.4, 0.5) is 0 Å². The van der Waals surface area contributed by atoms with Gasteiger partial charge in [0.2, 0.25) is 0 Å². The number of aromatic nitrogens is 1. The number of carboxylic acid groups (broad SMARTS) is 1. The summed E-state index contributed by atoms with van der Waals surface area (Å²) in [6, 6.07) is 0. The summed E-state index contributed by atoms with van der Waals surface area (Å²) in [7, 11) is 0. The lowest BCUT2D eigenvalue weighted by molar-refractivity contribution is -0.154. The molecule has 0 aliphatic carbocycles. The third-order valence-electron chi connectivity index (χ3n) is 4.87. The van der Waals surface area contributed by atoms with E-state index in [0.29, 0.717) is 19.7 Å². The molecule has 2 saturated heterocycles. The van der Waals surface area contributed by atoms with E-state index < -0.39 is 5.97 Å². The van der Waals surface area contributed by atoms with E-state index >= 15 is 0 Å². The van der Waals surface area contributed by atoms with Crippen molar-refractivity contribution >= 4 is 5.97 Å². The van der Waals surface area contributed by atoms with Gasteiger partial charge in [-0.3, -0.25) is 14.6 Å². The maximum atomic E-state index is 11.0.